The van der Waals surface area contributed by atoms with Gasteiger partial charge in [0.25, 0.3) is 5.56 Å². The summed E-state index contributed by atoms with van der Waals surface area (Å²) in [5.74, 6) is 0.00291. The Balaban J connectivity index is 1.53. The molecule has 1 aromatic carbocycles. The molecule has 1 N–H and O–H groups in total. The van der Waals surface area contributed by atoms with Gasteiger partial charge in [0.2, 0.25) is 5.91 Å². The van der Waals surface area contributed by atoms with Crippen LogP contribution in [0.3, 0.4) is 0 Å². The van der Waals surface area contributed by atoms with Crippen LogP contribution in [0.4, 0.5) is 0 Å². The molecule has 6 heteroatoms. The molecule has 2 aromatic rings. The Bertz CT molecular complexity index is 779. The summed E-state index contributed by atoms with van der Waals surface area (Å²) in [5, 5.41) is 3.52. The highest BCUT2D eigenvalue weighted by Crippen LogP contribution is 2.12. The molecule has 0 aliphatic carbocycles. The van der Waals surface area contributed by atoms with Gasteiger partial charge in [-0.15, -0.1) is 0 Å². The van der Waals surface area contributed by atoms with Gasteiger partial charge in [0, 0.05) is 26.1 Å². The van der Waals surface area contributed by atoms with Crippen LogP contribution in [0, 0.1) is 6.92 Å². The molecule has 0 radical (unpaired) electrons. The molecule has 2 heterocycles. The number of carbonyl (C=O) groups excluding carboxylic acids is 1. The lowest BCUT2D eigenvalue weighted by molar-refractivity contribution is -0.121. The normalized spacial score (nSPS) is 17.3. The third-order valence-electron chi connectivity index (χ3n) is 4.41. The Morgan fingerprint density at radius 3 is 3.12 bits per heavy atom. The Kier molecular flexibility index (Phi) is 5.25. The summed E-state index contributed by atoms with van der Waals surface area (Å²) >= 11 is 0. The lowest BCUT2D eigenvalue weighted by Gasteiger charge is -2.11. The van der Waals surface area contributed by atoms with Crippen molar-refractivity contribution in [1.82, 2.24) is 14.9 Å². The number of carbonyl (C=O) groups is 1. The summed E-state index contributed by atoms with van der Waals surface area (Å²) in [6, 6.07) is 5.60. The Morgan fingerprint density at radius 2 is 2.33 bits per heavy atom. The van der Waals surface area contributed by atoms with Crippen LogP contribution in [0.25, 0.3) is 10.9 Å². The van der Waals surface area contributed by atoms with E-state index < -0.39 is 0 Å². The van der Waals surface area contributed by atoms with Gasteiger partial charge in [-0.05, 0) is 37.8 Å². The highest BCUT2D eigenvalue weighted by atomic mass is 16.5. The molecular formula is C18H23N3O3. The zero-order chi connectivity index (χ0) is 16.9. The number of aryl methyl sites for hydroxylation is 2. The van der Waals surface area contributed by atoms with E-state index in [1.807, 2.05) is 19.1 Å². The fourth-order valence-electron chi connectivity index (χ4n) is 3.03. The van der Waals surface area contributed by atoms with Gasteiger partial charge in [-0.1, -0.05) is 12.1 Å². The number of hydrogen-bond donors (Lipinski definition) is 1. The van der Waals surface area contributed by atoms with Crippen LogP contribution in [-0.2, 0) is 16.1 Å². The maximum absolute atomic E-state index is 12.5. The van der Waals surface area contributed by atoms with Gasteiger partial charge in [-0.2, -0.15) is 0 Å². The van der Waals surface area contributed by atoms with Crippen molar-refractivity contribution in [3.63, 3.8) is 0 Å². The molecule has 1 atom stereocenters. The maximum atomic E-state index is 12.5. The second kappa shape index (κ2) is 7.57. The van der Waals surface area contributed by atoms with Crippen molar-refractivity contribution >= 4 is 16.8 Å². The van der Waals surface area contributed by atoms with E-state index in [-0.39, 0.29) is 17.6 Å². The number of rotatable bonds is 6. The minimum absolute atomic E-state index is 0.00291. The Labute approximate surface area is 140 Å². The lowest BCUT2D eigenvalue weighted by Crippen LogP contribution is -2.32. The number of ether oxygens (including phenoxy) is 1. The van der Waals surface area contributed by atoms with Gasteiger partial charge in [-0.3, -0.25) is 14.2 Å². The average molecular weight is 329 g/mol. The van der Waals surface area contributed by atoms with E-state index in [1.54, 1.807) is 17.0 Å². The number of aromatic nitrogens is 2. The summed E-state index contributed by atoms with van der Waals surface area (Å²) in [6.07, 6.45) is 4.81. The molecule has 128 valence electrons. The first-order chi connectivity index (χ1) is 11.6. The number of fused-ring (bicyclic) bond motifs is 1. The minimum Gasteiger partial charge on any atom is -0.376 e. The summed E-state index contributed by atoms with van der Waals surface area (Å²) in [6.45, 7) is 3.80. The van der Waals surface area contributed by atoms with E-state index in [4.69, 9.17) is 4.74 Å². The Hall–Kier alpha value is -2.21. The number of para-hydroxylation sites is 1. The largest absolute Gasteiger partial charge is 0.376 e. The monoisotopic (exact) mass is 329 g/mol. The highest BCUT2D eigenvalue weighted by molar-refractivity contribution is 5.80. The van der Waals surface area contributed by atoms with Gasteiger partial charge in [0.1, 0.15) is 0 Å². The molecule has 0 bridgehead atoms. The van der Waals surface area contributed by atoms with Crippen LogP contribution < -0.4 is 10.9 Å². The molecule has 1 fully saturated rings. The zero-order valence-electron chi connectivity index (χ0n) is 14.0. The first-order valence-corrected chi connectivity index (χ1v) is 8.48. The van der Waals surface area contributed by atoms with Crippen molar-refractivity contribution in [2.24, 2.45) is 0 Å². The molecule has 0 spiro atoms. The van der Waals surface area contributed by atoms with Crippen molar-refractivity contribution in [3.05, 3.63) is 40.4 Å². The fraction of sp³-hybridized carbons (Fsp3) is 0.500. The average Bonchev–Trinajstić information content (AvgIpc) is 3.09. The van der Waals surface area contributed by atoms with Gasteiger partial charge in [0.05, 0.1) is 23.3 Å². The summed E-state index contributed by atoms with van der Waals surface area (Å²) in [4.78, 5) is 28.7. The van der Waals surface area contributed by atoms with Crippen LogP contribution in [0.2, 0.25) is 0 Å². The predicted octanol–water partition coefficient (Wildman–Crippen LogP) is 1.78. The van der Waals surface area contributed by atoms with Crippen LogP contribution in [0.15, 0.2) is 29.3 Å². The third kappa shape index (κ3) is 3.82. The van der Waals surface area contributed by atoms with Crippen LogP contribution in [0.5, 0.6) is 0 Å². The number of nitrogens with one attached hydrogen (secondary N) is 1. The summed E-state index contributed by atoms with van der Waals surface area (Å²) in [5.41, 5.74) is 1.68. The van der Waals surface area contributed by atoms with Gasteiger partial charge in [0.15, 0.2) is 0 Å². The quantitative estimate of drug-likeness (QED) is 0.877. The number of amides is 1. The van der Waals surface area contributed by atoms with E-state index in [0.717, 1.165) is 30.5 Å². The number of nitrogens with zero attached hydrogens (tertiary/aromatic N) is 2. The second-order valence-corrected chi connectivity index (χ2v) is 6.26. The van der Waals surface area contributed by atoms with Crippen LogP contribution in [0.1, 0.15) is 31.2 Å². The van der Waals surface area contributed by atoms with E-state index in [2.05, 4.69) is 10.3 Å². The predicted molar refractivity (Wildman–Crippen MR) is 92.0 cm³/mol. The van der Waals surface area contributed by atoms with Gasteiger partial charge in [-0.25, -0.2) is 4.98 Å². The molecule has 1 unspecified atom stereocenters. The molecule has 1 aromatic heterocycles. The van der Waals surface area contributed by atoms with Crippen molar-refractivity contribution in [2.45, 2.75) is 45.3 Å². The first kappa shape index (κ1) is 16.6. The van der Waals surface area contributed by atoms with E-state index in [0.29, 0.717) is 31.3 Å². The first-order valence-electron chi connectivity index (χ1n) is 8.48. The number of benzene rings is 1. The highest BCUT2D eigenvalue weighted by Gasteiger charge is 2.16. The van der Waals surface area contributed by atoms with Crippen molar-refractivity contribution in [2.75, 3.05) is 13.2 Å². The minimum atomic E-state index is -0.0523. The molecule has 1 aliphatic rings. The summed E-state index contributed by atoms with van der Waals surface area (Å²) in [7, 11) is 0. The molecule has 0 saturated carbocycles. The van der Waals surface area contributed by atoms with E-state index in [9.17, 15) is 9.59 Å². The zero-order valence-corrected chi connectivity index (χ0v) is 14.0. The molecule has 6 nitrogen and oxygen atoms in total. The third-order valence-corrected chi connectivity index (χ3v) is 4.41. The molecule has 1 amide bonds. The summed E-state index contributed by atoms with van der Waals surface area (Å²) < 4.78 is 7.05. The topological polar surface area (TPSA) is 73.2 Å². The molecule has 24 heavy (non-hydrogen) atoms. The van der Waals surface area contributed by atoms with Crippen LogP contribution >= 0.6 is 0 Å². The van der Waals surface area contributed by atoms with E-state index >= 15 is 0 Å². The van der Waals surface area contributed by atoms with Crippen molar-refractivity contribution in [3.8, 4) is 0 Å². The van der Waals surface area contributed by atoms with Crippen molar-refractivity contribution < 1.29 is 9.53 Å². The van der Waals surface area contributed by atoms with Crippen LogP contribution in [-0.4, -0.2) is 34.7 Å². The SMILES string of the molecule is Cc1cccc2c(=O)n(CCCC(=O)NCC3CCCO3)cnc12. The van der Waals surface area contributed by atoms with E-state index in [1.165, 1.54) is 0 Å². The van der Waals surface area contributed by atoms with Gasteiger partial charge >= 0.3 is 0 Å². The standard InChI is InChI=1S/C18H23N3O3/c1-13-5-2-7-15-17(13)20-12-21(18(15)23)9-3-8-16(22)19-11-14-6-4-10-24-14/h2,5,7,12,14H,3-4,6,8-11H2,1H3,(H,19,22). The van der Waals surface area contributed by atoms with Gasteiger partial charge < -0.3 is 10.1 Å². The molecule has 1 saturated heterocycles. The maximum Gasteiger partial charge on any atom is 0.261 e. The molecule has 3 rings (SSSR count). The molecular weight excluding hydrogens is 306 g/mol. The number of hydrogen-bond acceptors (Lipinski definition) is 4. The fourth-order valence-corrected chi connectivity index (χ4v) is 3.03. The Morgan fingerprint density at radius 1 is 1.46 bits per heavy atom. The molecule has 1 aliphatic heterocycles. The van der Waals surface area contributed by atoms with Crippen molar-refractivity contribution in [1.29, 1.82) is 0 Å². The lowest BCUT2D eigenvalue weighted by atomic mass is 10.1. The smallest absolute Gasteiger partial charge is 0.261 e. The second-order valence-electron chi connectivity index (χ2n) is 6.26.